The van der Waals surface area contributed by atoms with Gasteiger partial charge in [0.2, 0.25) is 0 Å². The van der Waals surface area contributed by atoms with Crippen LogP contribution < -0.4 is 0 Å². The van der Waals surface area contributed by atoms with Crippen LogP contribution in [0.25, 0.3) is 10.9 Å². The van der Waals surface area contributed by atoms with Crippen LogP contribution in [0.1, 0.15) is 6.92 Å². The number of hydrogen-bond donors (Lipinski definition) is 1. The van der Waals surface area contributed by atoms with Crippen molar-refractivity contribution in [3.05, 3.63) is 30.3 Å². The second-order valence-electron chi connectivity index (χ2n) is 3.45. The largest absolute Gasteiger partial charge is 0.395 e. The van der Waals surface area contributed by atoms with Gasteiger partial charge in [0.15, 0.2) is 0 Å². The molecule has 3 nitrogen and oxygen atoms in total. The molecule has 0 aliphatic rings. The molecule has 0 radical (unpaired) electrons. The number of benzene rings is 1. The van der Waals surface area contributed by atoms with E-state index in [9.17, 15) is 4.39 Å². The first-order valence-electron chi connectivity index (χ1n) is 4.88. The summed E-state index contributed by atoms with van der Waals surface area (Å²) in [5.41, 5.74) is 0.712. The Labute approximate surface area is 96.7 Å². The number of hydrogen-bond acceptors (Lipinski definition) is 4. The third-order valence-electron chi connectivity index (χ3n) is 2.13. The number of thioether (sulfide) groups is 1. The molecule has 0 saturated heterocycles. The first-order valence-corrected chi connectivity index (χ1v) is 5.76. The molecule has 1 heterocycles. The Hall–Kier alpha value is -1.20. The predicted octanol–water partition coefficient (Wildman–Crippen LogP) is 2.24. The first kappa shape index (κ1) is 11.3. The number of rotatable bonds is 3. The average Bonchev–Trinajstić information content (AvgIpc) is 2.29. The predicted molar refractivity (Wildman–Crippen MR) is 61.9 cm³/mol. The zero-order valence-corrected chi connectivity index (χ0v) is 9.54. The molecule has 0 fully saturated rings. The Morgan fingerprint density at radius 1 is 1.44 bits per heavy atom. The lowest BCUT2D eigenvalue weighted by Crippen LogP contribution is -2.02. The molecule has 0 spiro atoms. The molecule has 0 saturated carbocycles. The summed E-state index contributed by atoms with van der Waals surface area (Å²) in [7, 11) is 0. The van der Waals surface area contributed by atoms with Crippen LogP contribution >= 0.6 is 11.8 Å². The summed E-state index contributed by atoms with van der Waals surface area (Å²) in [6.07, 6.45) is 1.45. The second-order valence-corrected chi connectivity index (χ2v) is 4.88. The summed E-state index contributed by atoms with van der Waals surface area (Å²) >= 11 is 1.41. The molecule has 1 aromatic heterocycles. The quantitative estimate of drug-likeness (QED) is 0.658. The molecule has 1 N–H and O–H groups in total. The lowest BCUT2D eigenvalue weighted by molar-refractivity contribution is 0.300. The molecule has 0 amide bonds. The van der Waals surface area contributed by atoms with E-state index in [1.165, 1.54) is 30.2 Å². The Kier molecular flexibility index (Phi) is 3.36. The van der Waals surface area contributed by atoms with Crippen molar-refractivity contribution in [1.29, 1.82) is 0 Å². The van der Waals surface area contributed by atoms with Gasteiger partial charge in [0.1, 0.15) is 17.2 Å². The van der Waals surface area contributed by atoms with Crippen LogP contribution in [0.3, 0.4) is 0 Å². The number of halogens is 1. The fraction of sp³-hybridized carbons (Fsp3) is 0.273. The van der Waals surface area contributed by atoms with E-state index in [0.29, 0.717) is 15.9 Å². The van der Waals surface area contributed by atoms with Crippen LogP contribution in [0.4, 0.5) is 4.39 Å². The summed E-state index contributed by atoms with van der Waals surface area (Å²) < 4.78 is 13.1. The standard InChI is InChI=1S/C11H11FN2OS/c1-7(5-15)16-11-9-4-8(12)2-3-10(9)13-6-14-11/h2-4,6-7,15H,5H2,1H3. The monoisotopic (exact) mass is 238 g/mol. The van der Waals surface area contributed by atoms with Crippen LogP contribution in [0.5, 0.6) is 0 Å². The highest BCUT2D eigenvalue weighted by atomic mass is 32.2. The molecular formula is C11H11FN2OS. The summed E-state index contributed by atoms with van der Waals surface area (Å²) in [5, 5.41) is 10.4. The minimum Gasteiger partial charge on any atom is -0.395 e. The van der Waals surface area contributed by atoms with Crippen LogP contribution in [0.15, 0.2) is 29.6 Å². The van der Waals surface area contributed by atoms with Crippen LogP contribution in [-0.4, -0.2) is 26.9 Å². The summed E-state index contributed by atoms with van der Waals surface area (Å²) in [6.45, 7) is 1.95. The molecule has 0 aliphatic heterocycles. The molecular weight excluding hydrogens is 227 g/mol. The minimum absolute atomic E-state index is 0.0290. The van der Waals surface area contributed by atoms with Gasteiger partial charge in [-0.05, 0) is 18.2 Å². The van der Waals surface area contributed by atoms with Crippen LogP contribution in [0.2, 0.25) is 0 Å². The number of aliphatic hydroxyl groups is 1. The van der Waals surface area contributed by atoms with Crippen LogP contribution in [0, 0.1) is 5.82 Å². The zero-order valence-electron chi connectivity index (χ0n) is 8.72. The van der Waals surface area contributed by atoms with Crippen molar-refractivity contribution >= 4 is 22.7 Å². The molecule has 0 aliphatic carbocycles. The molecule has 16 heavy (non-hydrogen) atoms. The average molecular weight is 238 g/mol. The van der Waals surface area contributed by atoms with Crippen molar-refractivity contribution in [2.45, 2.75) is 17.2 Å². The summed E-state index contributed by atoms with van der Waals surface area (Å²) in [6, 6.07) is 4.42. The number of fused-ring (bicyclic) bond motifs is 1. The van der Waals surface area contributed by atoms with Crippen molar-refractivity contribution in [3.8, 4) is 0 Å². The first-order chi connectivity index (χ1) is 7.70. The zero-order chi connectivity index (χ0) is 11.5. The second kappa shape index (κ2) is 4.76. The van der Waals surface area contributed by atoms with Crippen molar-refractivity contribution in [2.24, 2.45) is 0 Å². The van der Waals surface area contributed by atoms with E-state index >= 15 is 0 Å². The van der Waals surface area contributed by atoms with Gasteiger partial charge in [-0.25, -0.2) is 14.4 Å². The molecule has 1 unspecified atom stereocenters. The van der Waals surface area contributed by atoms with Gasteiger partial charge in [-0.2, -0.15) is 0 Å². The van der Waals surface area contributed by atoms with E-state index in [1.54, 1.807) is 6.07 Å². The molecule has 1 atom stereocenters. The van der Waals surface area contributed by atoms with E-state index < -0.39 is 0 Å². The van der Waals surface area contributed by atoms with Crippen molar-refractivity contribution < 1.29 is 9.50 Å². The van der Waals surface area contributed by atoms with Gasteiger partial charge < -0.3 is 5.11 Å². The molecule has 5 heteroatoms. The summed E-state index contributed by atoms with van der Waals surface area (Å²) in [4.78, 5) is 8.17. The van der Waals surface area contributed by atoms with Gasteiger partial charge in [-0.1, -0.05) is 6.92 Å². The molecule has 2 rings (SSSR count). The highest BCUT2D eigenvalue weighted by molar-refractivity contribution is 8.00. The fourth-order valence-corrected chi connectivity index (χ4v) is 2.18. The van der Waals surface area contributed by atoms with Crippen molar-refractivity contribution in [3.63, 3.8) is 0 Å². The topological polar surface area (TPSA) is 46.0 Å². The minimum atomic E-state index is -0.305. The molecule has 2 aromatic rings. The van der Waals surface area contributed by atoms with Gasteiger partial charge in [-0.3, -0.25) is 0 Å². The molecule has 1 aromatic carbocycles. The van der Waals surface area contributed by atoms with Gasteiger partial charge in [0.05, 0.1) is 12.1 Å². The van der Waals surface area contributed by atoms with Gasteiger partial charge in [0.25, 0.3) is 0 Å². The van der Waals surface area contributed by atoms with Crippen molar-refractivity contribution in [1.82, 2.24) is 9.97 Å². The Balaban J connectivity index is 2.47. The lowest BCUT2D eigenvalue weighted by atomic mass is 10.2. The Morgan fingerprint density at radius 2 is 2.25 bits per heavy atom. The molecule has 0 bridgehead atoms. The maximum atomic E-state index is 13.1. The number of aliphatic hydroxyl groups excluding tert-OH is 1. The third-order valence-corrected chi connectivity index (χ3v) is 3.23. The van der Waals surface area contributed by atoms with Gasteiger partial charge in [-0.15, -0.1) is 11.8 Å². The van der Waals surface area contributed by atoms with E-state index in [4.69, 9.17) is 5.11 Å². The van der Waals surface area contributed by atoms with E-state index in [2.05, 4.69) is 9.97 Å². The van der Waals surface area contributed by atoms with E-state index in [1.807, 2.05) is 6.92 Å². The highest BCUT2D eigenvalue weighted by Gasteiger charge is 2.09. The number of aromatic nitrogens is 2. The van der Waals surface area contributed by atoms with Gasteiger partial charge in [0, 0.05) is 10.6 Å². The Morgan fingerprint density at radius 3 is 3.00 bits per heavy atom. The van der Waals surface area contributed by atoms with Gasteiger partial charge >= 0.3 is 0 Å². The lowest BCUT2D eigenvalue weighted by Gasteiger charge is -2.08. The Bertz CT molecular complexity index is 506. The van der Waals surface area contributed by atoms with E-state index in [0.717, 1.165) is 0 Å². The maximum absolute atomic E-state index is 13.1. The maximum Gasteiger partial charge on any atom is 0.124 e. The fourth-order valence-electron chi connectivity index (χ4n) is 1.33. The number of nitrogens with zero attached hydrogens (tertiary/aromatic N) is 2. The van der Waals surface area contributed by atoms with Crippen LogP contribution in [-0.2, 0) is 0 Å². The SMILES string of the molecule is CC(CO)Sc1ncnc2ccc(F)cc12. The third kappa shape index (κ3) is 2.31. The summed E-state index contributed by atoms with van der Waals surface area (Å²) in [5.74, 6) is -0.305. The highest BCUT2D eigenvalue weighted by Crippen LogP contribution is 2.27. The smallest absolute Gasteiger partial charge is 0.124 e. The van der Waals surface area contributed by atoms with E-state index in [-0.39, 0.29) is 17.7 Å². The normalized spacial score (nSPS) is 12.9. The molecule has 84 valence electrons. The van der Waals surface area contributed by atoms with Crippen molar-refractivity contribution in [2.75, 3.05) is 6.61 Å².